The van der Waals surface area contributed by atoms with Gasteiger partial charge in [0.05, 0.1) is 0 Å². The molecular weight excluding hydrogens is 218 g/mol. The van der Waals surface area contributed by atoms with E-state index in [1.54, 1.807) is 12.1 Å². The van der Waals surface area contributed by atoms with Crippen molar-refractivity contribution in [3.63, 3.8) is 0 Å². The molecule has 0 radical (unpaired) electrons. The maximum atomic E-state index is 11.5. The van der Waals surface area contributed by atoms with Crippen molar-refractivity contribution in [2.45, 2.75) is 13.1 Å². The lowest BCUT2D eigenvalue weighted by Gasteiger charge is -2.05. The molecular formula is C11H13N5O. The number of nitrogen functional groups attached to an aromatic ring is 1. The van der Waals surface area contributed by atoms with Gasteiger partial charge in [-0.3, -0.25) is 4.79 Å². The number of hydrogen-bond acceptors (Lipinski definition) is 4. The number of carbonyl (C=O) groups excluding carboxylic acids is 1. The average molecular weight is 231 g/mol. The van der Waals surface area contributed by atoms with Crippen molar-refractivity contribution in [2.24, 2.45) is 0 Å². The summed E-state index contributed by atoms with van der Waals surface area (Å²) in [5.41, 5.74) is 7.28. The third-order valence-corrected chi connectivity index (χ3v) is 2.24. The molecule has 0 saturated carbocycles. The van der Waals surface area contributed by atoms with Crippen molar-refractivity contribution >= 4 is 11.6 Å². The fourth-order valence-electron chi connectivity index (χ4n) is 1.35. The van der Waals surface area contributed by atoms with Crippen LogP contribution in [0.3, 0.4) is 0 Å². The molecule has 1 aromatic carbocycles. The molecule has 0 bridgehead atoms. The lowest BCUT2D eigenvalue weighted by molar-refractivity contribution is -0.122. The highest BCUT2D eigenvalue weighted by molar-refractivity contribution is 5.75. The van der Waals surface area contributed by atoms with E-state index in [2.05, 4.69) is 15.4 Å². The number of benzene rings is 1. The molecule has 0 aliphatic heterocycles. The SMILES string of the molecule is Nc1ccc(CNC(=O)Cn2cncn2)cc1. The van der Waals surface area contributed by atoms with Gasteiger partial charge in [0.1, 0.15) is 19.2 Å². The van der Waals surface area contributed by atoms with Crippen LogP contribution in [0.1, 0.15) is 5.56 Å². The smallest absolute Gasteiger partial charge is 0.242 e. The normalized spacial score (nSPS) is 10.1. The molecule has 6 nitrogen and oxygen atoms in total. The summed E-state index contributed by atoms with van der Waals surface area (Å²) in [5.74, 6) is -0.104. The minimum atomic E-state index is -0.104. The Balaban J connectivity index is 1.82. The van der Waals surface area contributed by atoms with Gasteiger partial charge in [0.2, 0.25) is 5.91 Å². The van der Waals surface area contributed by atoms with Gasteiger partial charge in [0, 0.05) is 12.2 Å². The summed E-state index contributed by atoms with van der Waals surface area (Å²) in [6, 6.07) is 7.37. The molecule has 2 aromatic rings. The molecule has 0 saturated heterocycles. The van der Waals surface area contributed by atoms with Crippen LogP contribution in [0.15, 0.2) is 36.9 Å². The number of hydrogen-bond donors (Lipinski definition) is 2. The van der Waals surface area contributed by atoms with Gasteiger partial charge in [-0.25, -0.2) is 9.67 Å². The second kappa shape index (κ2) is 5.11. The van der Waals surface area contributed by atoms with Crippen LogP contribution in [0.5, 0.6) is 0 Å². The van der Waals surface area contributed by atoms with Crippen molar-refractivity contribution in [1.29, 1.82) is 0 Å². The van der Waals surface area contributed by atoms with Gasteiger partial charge in [-0.05, 0) is 17.7 Å². The molecule has 1 amide bonds. The first-order valence-electron chi connectivity index (χ1n) is 5.17. The van der Waals surface area contributed by atoms with Crippen LogP contribution in [0.4, 0.5) is 5.69 Å². The molecule has 0 fully saturated rings. The molecule has 0 unspecified atom stereocenters. The highest BCUT2D eigenvalue weighted by Crippen LogP contribution is 2.04. The molecule has 2 rings (SSSR count). The zero-order valence-electron chi connectivity index (χ0n) is 9.21. The molecule has 0 aliphatic carbocycles. The molecule has 1 aromatic heterocycles. The van der Waals surface area contributed by atoms with E-state index in [0.29, 0.717) is 12.2 Å². The highest BCUT2D eigenvalue weighted by atomic mass is 16.2. The Bertz CT molecular complexity index is 477. The number of carbonyl (C=O) groups is 1. The van der Waals surface area contributed by atoms with Crippen molar-refractivity contribution in [3.05, 3.63) is 42.5 Å². The fourth-order valence-corrected chi connectivity index (χ4v) is 1.35. The van der Waals surface area contributed by atoms with Crippen LogP contribution in [0.2, 0.25) is 0 Å². The molecule has 17 heavy (non-hydrogen) atoms. The second-order valence-corrected chi connectivity index (χ2v) is 3.61. The zero-order valence-corrected chi connectivity index (χ0v) is 9.21. The highest BCUT2D eigenvalue weighted by Gasteiger charge is 2.02. The van der Waals surface area contributed by atoms with E-state index in [-0.39, 0.29) is 12.5 Å². The lowest BCUT2D eigenvalue weighted by atomic mass is 10.2. The summed E-state index contributed by atoms with van der Waals surface area (Å²) in [7, 11) is 0. The third-order valence-electron chi connectivity index (χ3n) is 2.24. The summed E-state index contributed by atoms with van der Waals surface area (Å²) >= 11 is 0. The number of nitrogens with two attached hydrogens (primary N) is 1. The lowest BCUT2D eigenvalue weighted by Crippen LogP contribution is -2.27. The average Bonchev–Trinajstić information content (AvgIpc) is 2.81. The molecule has 88 valence electrons. The predicted molar refractivity (Wildman–Crippen MR) is 62.7 cm³/mol. The molecule has 0 spiro atoms. The predicted octanol–water partition coefficient (Wildman–Crippen LogP) is 0.177. The minimum Gasteiger partial charge on any atom is -0.399 e. The van der Waals surface area contributed by atoms with E-state index in [1.807, 2.05) is 12.1 Å². The molecule has 0 aliphatic rings. The Morgan fingerprint density at radius 1 is 1.35 bits per heavy atom. The standard InChI is InChI=1S/C11H13N5O/c12-10-3-1-9(2-4-10)5-14-11(17)6-16-8-13-7-15-16/h1-4,7-8H,5-6,12H2,(H,14,17). The van der Waals surface area contributed by atoms with Gasteiger partial charge in [-0.1, -0.05) is 12.1 Å². The van der Waals surface area contributed by atoms with E-state index in [1.165, 1.54) is 17.3 Å². The maximum absolute atomic E-state index is 11.5. The maximum Gasteiger partial charge on any atom is 0.242 e. The number of nitrogens with one attached hydrogen (secondary N) is 1. The second-order valence-electron chi connectivity index (χ2n) is 3.61. The summed E-state index contributed by atoms with van der Waals surface area (Å²) in [5, 5.41) is 6.64. The molecule has 1 heterocycles. The monoisotopic (exact) mass is 231 g/mol. The molecule has 0 atom stereocenters. The number of nitrogens with zero attached hydrogens (tertiary/aromatic N) is 3. The molecule has 6 heteroatoms. The Morgan fingerprint density at radius 3 is 2.76 bits per heavy atom. The summed E-state index contributed by atoms with van der Waals surface area (Å²) < 4.78 is 1.47. The van der Waals surface area contributed by atoms with E-state index in [4.69, 9.17) is 5.73 Å². The Hall–Kier alpha value is -2.37. The van der Waals surface area contributed by atoms with E-state index >= 15 is 0 Å². The quantitative estimate of drug-likeness (QED) is 0.735. The third kappa shape index (κ3) is 3.30. The fraction of sp³-hybridized carbons (Fsp3) is 0.182. The van der Waals surface area contributed by atoms with Gasteiger partial charge < -0.3 is 11.1 Å². The Morgan fingerprint density at radius 2 is 2.12 bits per heavy atom. The largest absolute Gasteiger partial charge is 0.399 e. The number of aromatic nitrogens is 3. The van der Waals surface area contributed by atoms with Crippen LogP contribution < -0.4 is 11.1 Å². The minimum absolute atomic E-state index is 0.104. The van der Waals surface area contributed by atoms with Crippen molar-refractivity contribution in [1.82, 2.24) is 20.1 Å². The first-order valence-corrected chi connectivity index (χ1v) is 5.17. The van der Waals surface area contributed by atoms with Gasteiger partial charge in [-0.2, -0.15) is 5.10 Å². The Kier molecular flexibility index (Phi) is 3.34. The summed E-state index contributed by atoms with van der Waals surface area (Å²) in [4.78, 5) is 15.3. The van der Waals surface area contributed by atoms with Crippen molar-refractivity contribution in [3.8, 4) is 0 Å². The number of amides is 1. The van der Waals surface area contributed by atoms with Crippen LogP contribution in [0, 0.1) is 0 Å². The van der Waals surface area contributed by atoms with Crippen LogP contribution in [0.25, 0.3) is 0 Å². The van der Waals surface area contributed by atoms with Crippen LogP contribution >= 0.6 is 0 Å². The first kappa shape index (κ1) is 11.1. The Labute approximate surface area is 98.5 Å². The van der Waals surface area contributed by atoms with Gasteiger partial charge >= 0.3 is 0 Å². The van der Waals surface area contributed by atoms with Crippen molar-refractivity contribution in [2.75, 3.05) is 5.73 Å². The molecule has 3 N–H and O–H groups in total. The number of anilines is 1. The number of rotatable bonds is 4. The van der Waals surface area contributed by atoms with Gasteiger partial charge in [0.15, 0.2) is 0 Å². The van der Waals surface area contributed by atoms with Crippen LogP contribution in [-0.2, 0) is 17.9 Å². The van der Waals surface area contributed by atoms with E-state index < -0.39 is 0 Å². The first-order chi connectivity index (χ1) is 8.24. The van der Waals surface area contributed by atoms with E-state index in [9.17, 15) is 4.79 Å². The van der Waals surface area contributed by atoms with Gasteiger partial charge in [0.25, 0.3) is 0 Å². The van der Waals surface area contributed by atoms with Crippen molar-refractivity contribution < 1.29 is 4.79 Å². The summed E-state index contributed by atoms with van der Waals surface area (Å²) in [6.45, 7) is 0.656. The summed E-state index contributed by atoms with van der Waals surface area (Å²) in [6.07, 6.45) is 2.90. The van der Waals surface area contributed by atoms with Crippen LogP contribution in [-0.4, -0.2) is 20.7 Å². The zero-order chi connectivity index (χ0) is 12.1. The topological polar surface area (TPSA) is 85.8 Å². The van der Waals surface area contributed by atoms with Gasteiger partial charge in [-0.15, -0.1) is 0 Å². The van der Waals surface area contributed by atoms with E-state index in [0.717, 1.165) is 5.56 Å².